The molecular formula is C22H30N2O5S. The van der Waals surface area contributed by atoms with Gasteiger partial charge >= 0.3 is 0 Å². The first-order valence-corrected chi connectivity index (χ1v) is 11.2. The molecule has 1 N–H and O–H groups in total. The summed E-state index contributed by atoms with van der Waals surface area (Å²) < 4.78 is 36.5. The maximum absolute atomic E-state index is 12.6. The number of nitrogens with zero attached hydrogens (tertiary/aromatic N) is 1. The van der Waals surface area contributed by atoms with E-state index < -0.39 is 10.0 Å². The van der Waals surface area contributed by atoms with Crippen molar-refractivity contribution in [2.45, 2.75) is 37.1 Å². The van der Waals surface area contributed by atoms with Crippen LogP contribution < -0.4 is 14.8 Å². The predicted octanol–water partition coefficient (Wildman–Crippen LogP) is 3.15. The molecule has 0 bridgehead atoms. The number of hydrogen-bond acceptors (Lipinski definition) is 5. The molecule has 2 rings (SSSR count). The summed E-state index contributed by atoms with van der Waals surface area (Å²) in [5.74, 6) is 1.21. The number of ether oxygens (including phenoxy) is 2. The Morgan fingerprint density at radius 3 is 2.27 bits per heavy atom. The summed E-state index contributed by atoms with van der Waals surface area (Å²) in [6.07, 6.45) is 1.33. The number of hydrogen-bond donors (Lipinski definition) is 1. The van der Waals surface area contributed by atoms with E-state index in [0.29, 0.717) is 17.7 Å². The number of rotatable bonds is 10. The average molecular weight is 435 g/mol. The molecule has 1 unspecified atom stereocenters. The first-order valence-electron chi connectivity index (χ1n) is 9.75. The maximum Gasteiger partial charge on any atom is 0.242 e. The Balaban J connectivity index is 2.10. The van der Waals surface area contributed by atoms with E-state index in [2.05, 4.69) is 5.32 Å². The van der Waals surface area contributed by atoms with Crippen LogP contribution >= 0.6 is 0 Å². The fourth-order valence-corrected chi connectivity index (χ4v) is 4.05. The van der Waals surface area contributed by atoms with E-state index in [0.717, 1.165) is 22.0 Å². The number of sulfonamides is 1. The van der Waals surface area contributed by atoms with Crippen molar-refractivity contribution in [3.8, 4) is 11.5 Å². The van der Waals surface area contributed by atoms with E-state index in [1.165, 1.54) is 27.3 Å². The second-order valence-corrected chi connectivity index (χ2v) is 9.21. The van der Waals surface area contributed by atoms with Gasteiger partial charge in [-0.1, -0.05) is 19.1 Å². The molecule has 0 saturated heterocycles. The molecule has 0 aliphatic rings. The third kappa shape index (κ3) is 5.73. The van der Waals surface area contributed by atoms with Gasteiger partial charge in [0, 0.05) is 20.5 Å². The van der Waals surface area contributed by atoms with Gasteiger partial charge in [0.15, 0.2) is 0 Å². The van der Waals surface area contributed by atoms with Crippen LogP contribution in [0, 0.1) is 0 Å². The van der Waals surface area contributed by atoms with Gasteiger partial charge in [0.1, 0.15) is 11.5 Å². The summed E-state index contributed by atoms with van der Waals surface area (Å²) in [6.45, 7) is 2.01. The maximum atomic E-state index is 12.6. The van der Waals surface area contributed by atoms with E-state index in [1.54, 1.807) is 19.2 Å². The number of carbonyl (C=O) groups is 1. The quantitative estimate of drug-likeness (QED) is 0.621. The molecule has 164 valence electrons. The summed E-state index contributed by atoms with van der Waals surface area (Å²) in [5.41, 5.74) is 1.68. The van der Waals surface area contributed by atoms with Crippen LogP contribution in [0.4, 0.5) is 0 Å². The molecule has 1 amide bonds. The minimum atomic E-state index is -3.56. The van der Waals surface area contributed by atoms with Crippen LogP contribution in [0.3, 0.4) is 0 Å². The average Bonchev–Trinajstić information content (AvgIpc) is 2.75. The van der Waals surface area contributed by atoms with Crippen LogP contribution in [0.25, 0.3) is 0 Å². The topological polar surface area (TPSA) is 84.9 Å². The SMILES string of the molecule is CCC(NC(=O)CCc1cc(S(=O)(=O)N(C)C)ccc1OC)c1ccc(OC)cc1. The minimum absolute atomic E-state index is 0.106. The second kappa shape index (κ2) is 10.4. The fourth-order valence-electron chi connectivity index (χ4n) is 3.09. The van der Waals surface area contributed by atoms with E-state index in [-0.39, 0.29) is 23.3 Å². The molecule has 0 aromatic heterocycles. The Morgan fingerprint density at radius 1 is 1.07 bits per heavy atom. The summed E-state index contributed by atoms with van der Waals surface area (Å²) in [5, 5.41) is 3.04. The summed E-state index contributed by atoms with van der Waals surface area (Å²) in [4.78, 5) is 12.7. The van der Waals surface area contributed by atoms with Gasteiger partial charge in [0.2, 0.25) is 15.9 Å². The van der Waals surface area contributed by atoms with Crippen molar-refractivity contribution in [2.24, 2.45) is 0 Å². The van der Waals surface area contributed by atoms with Crippen molar-refractivity contribution >= 4 is 15.9 Å². The van der Waals surface area contributed by atoms with Crippen molar-refractivity contribution in [1.29, 1.82) is 0 Å². The normalized spacial score (nSPS) is 12.5. The van der Waals surface area contributed by atoms with Gasteiger partial charge in [-0.25, -0.2) is 12.7 Å². The predicted molar refractivity (Wildman–Crippen MR) is 116 cm³/mol. The molecule has 0 saturated carbocycles. The molecule has 1 atom stereocenters. The number of aryl methyl sites for hydroxylation is 1. The summed E-state index contributed by atoms with van der Waals surface area (Å²) >= 11 is 0. The molecule has 0 aliphatic carbocycles. The van der Waals surface area contributed by atoms with Crippen LogP contribution in [0.5, 0.6) is 11.5 Å². The summed E-state index contributed by atoms with van der Waals surface area (Å²) in [7, 11) is 2.54. The fraction of sp³-hybridized carbons (Fsp3) is 0.409. The van der Waals surface area contributed by atoms with E-state index in [1.807, 2.05) is 31.2 Å². The van der Waals surface area contributed by atoms with Gasteiger partial charge in [-0.2, -0.15) is 0 Å². The van der Waals surface area contributed by atoms with Gasteiger partial charge in [0.25, 0.3) is 0 Å². The lowest BCUT2D eigenvalue weighted by Gasteiger charge is -2.18. The molecule has 2 aromatic rings. The molecule has 0 heterocycles. The molecule has 0 fully saturated rings. The lowest BCUT2D eigenvalue weighted by atomic mass is 10.0. The van der Waals surface area contributed by atoms with Gasteiger partial charge in [-0.05, 0) is 54.3 Å². The molecule has 30 heavy (non-hydrogen) atoms. The molecule has 0 aliphatic heterocycles. The highest BCUT2D eigenvalue weighted by Crippen LogP contribution is 2.25. The Morgan fingerprint density at radius 2 is 1.73 bits per heavy atom. The number of benzene rings is 2. The van der Waals surface area contributed by atoms with E-state index in [9.17, 15) is 13.2 Å². The number of methoxy groups -OCH3 is 2. The van der Waals surface area contributed by atoms with Crippen molar-refractivity contribution in [3.05, 3.63) is 53.6 Å². The highest BCUT2D eigenvalue weighted by atomic mass is 32.2. The number of carbonyl (C=O) groups excluding carboxylic acids is 1. The monoisotopic (exact) mass is 434 g/mol. The van der Waals surface area contributed by atoms with E-state index >= 15 is 0 Å². The number of nitrogens with one attached hydrogen (secondary N) is 1. The van der Waals surface area contributed by atoms with Crippen molar-refractivity contribution in [3.63, 3.8) is 0 Å². The Labute approximate surface area is 179 Å². The Bertz CT molecular complexity index is 956. The van der Waals surface area contributed by atoms with Gasteiger partial charge in [-0.3, -0.25) is 4.79 Å². The van der Waals surface area contributed by atoms with Crippen LogP contribution in [0.1, 0.15) is 36.9 Å². The second-order valence-electron chi connectivity index (χ2n) is 7.06. The van der Waals surface area contributed by atoms with Crippen LogP contribution in [0.2, 0.25) is 0 Å². The van der Waals surface area contributed by atoms with Gasteiger partial charge in [0.05, 0.1) is 25.2 Å². The van der Waals surface area contributed by atoms with Gasteiger partial charge < -0.3 is 14.8 Å². The zero-order chi connectivity index (χ0) is 22.3. The number of amides is 1. The minimum Gasteiger partial charge on any atom is -0.497 e. The van der Waals surface area contributed by atoms with Crippen LogP contribution in [-0.2, 0) is 21.2 Å². The first kappa shape index (κ1) is 23.7. The lowest BCUT2D eigenvalue weighted by molar-refractivity contribution is -0.121. The van der Waals surface area contributed by atoms with E-state index in [4.69, 9.17) is 9.47 Å². The molecule has 7 nitrogen and oxygen atoms in total. The lowest BCUT2D eigenvalue weighted by Crippen LogP contribution is -2.28. The third-order valence-electron chi connectivity index (χ3n) is 4.91. The molecule has 0 radical (unpaired) electrons. The summed E-state index contributed by atoms with van der Waals surface area (Å²) in [6, 6.07) is 12.2. The molecule has 8 heteroatoms. The smallest absolute Gasteiger partial charge is 0.242 e. The highest BCUT2D eigenvalue weighted by Gasteiger charge is 2.20. The molecular weight excluding hydrogens is 404 g/mol. The van der Waals surface area contributed by atoms with Crippen molar-refractivity contribution in [2.75, 3.05) is 28.3 Å². The Hall–Kier alpha value is -2.58. The van der Waals surface area contributed by atoms with Crippen LogP contribution in [0.15, 0.2) is 47.4 Å². The van der Waals surface area contributed by atoms with Gasteiger partial charge in [-0.15, -0.1) is 0 Å². The van der Waals surface area contributed by atoms with Crippen LogP contribution in [-0.4, -0.2) is 46.9 Å². The Kier molecular flexibility index (Phi) is 8.25. The molecule has 2 aromatic carbocycles. The zero-order valence-corrected chi connectivity index (χ0v) is 19.0. The first-order chi connectivity index (χ1) is 14.2. The zero-order valence-electron chi connectivity index (χ0n) is 18.1. The highest BCUT2D eigenvalue weighted by molar-refractivity contribution is 7.89. The van der Waals surface area contributed by atoms with Crippen molar-refractivity contribution < 1.29 is 22.7 Å². The standard InChI is InChI=1S/C22H30N2O5S/c1-6-20(16-7-10-18(28-4)11-8-16)23-22(25)14-9-17-15-19(12-13-21(17)29-5)30(26,27)24(2)3/h7-8,10-13,15,20H,6,9,14H2,1-5H3,(H,23,25). The van der Waals surface area contributed by atoms with Crippen molar-refractivity contribution in [1.82, 2.24) is 9.62 Å². The third-order valence-corrected chi connectivity index (χ3v) is 6.72. The molecule has 0 spiro atoms. The largest absolute Gasteiger partial charge is 0.497 e.